The van der Waals surface area contributed by atoms with Gasteiger partial charge >= 0.3 is 0 Å². The Morgan fingerprint density at radius 2 is 2.14 bits per heavy atom. The minimum atomic E-state index is 0.0328. The van der Waals surface area contributed by atoms with Gasteiger partial charge < -0.3 is 19.4 Å². The summed E-state index contributed by atoms with van der Waals surface area (Å²) in [5.74, 6) is 1.54. The van der Waals surface area contributed by atoms with Crippen molar-refractivity contribution in [1.29, 1.82) is 0 Å². The molecule has 3 rings (SSSR count). The highest BCUT2D eigenvalue weighted by atomic mass is 16.5. The number of aromatic nitrogens is 1. The van der Waals surface area contributed by atoms with Crippen molar-refractivity contribution >= 4 is 5.91 Å². The molecule has 1 atom stereocenters. The third-order valence-electron chi connectivity index (χ3n) is 4.14. The summed E-state index contributed by atoms with van der Waals surface area (Å²) in [5.41, 5.74) is 1.65. The highest BCUT2D eigenvalue weighted by Crippen LogP contribution is 2.39. The van der Waals surface area contributed by atoms with E-state index in [1.165, 1.54) is 0 Å². The van der Waals surface area contributed by atoms with E-state index in [-0.39, 0.29) is 11.9 Å². The molecule has 2 heterocycles. The first-order valence-corrected chi connectivity index (χ1v) is 7.41. The smallest absolute Gasteiger partial charge is 0.270 e. The second-order valence-corrected chi connectivity index (χ2v) is 5.35. The van der Waals surface area contributed by atoms with Crippen LogP contribution in [0.5, 0.6) is 11.5 Å². The van der Waals surface area contributed by atoms with Crippen molar-refractivity contribution in [3.05, 3.63) is 47.8 Å². The van der Waals surface area contributed by atoms with Crippen LogP contribution in [0.4, 0.5) is 0 Å². The van der Waals surface area contributed by atoms with Gasteiger partial charge in [0.2, 0.25) is 0 Å². The molecule has 0 unspecified atom stereocenters. The normalized spacial score (nSPS) is 17.5. The number of benzene rings is 1. The van der Waals surface area contributed by atoms with Crippen molar-refractivity contribution < 1.29 is 14.3 Å². The van der Waals surface area contributed by atoms with E-state index in [9.17, 15) is 4.79 Å². The second-order valence-electron chi connectivity index (χ2n) is 5.35. The lowest BCUT2D eigenvalue weighted by atomic mass is 10.0. The molecule has 1 aliphatic rings. The second kappa shape index (κ2) is 6.13. The van der Waals surface area contributed by atoms with Crippen molar-refractivity contribution in [1.82, 2.24) is 9.88 Å². The molecule has 1 aliphatic heterocycles. The summed E-state index contributed by atoms with van der Waals surface area (Å²) >= 11 is 0. The molecule has 1 aromatic heterocycles. The number of amides is 1. The van der Waals surface area contributed by atoms with Gasteiger partial charge in [0, 0.05) is 24.4 Å². The van der Waals surface area contributed by atoms with Gasteiger partial charge in [-0.25, -0.2) is 0 Å². The highest BCUT2D eigenvalue weighted by Gasteiger charge is 2.32. The Bertz CT molecular complexity index is 652. The Morgan fingerprint density at radius 1 is 1.27 bits per heavy atom. The topological polar surface area (TPSA) is 54.6 Å². The van der Waals surface area contributed by atoms with Crippen LogP contribution >= 0.6 is 0 Å². The fraction of sp³-hybridized carbons (Fsp3) is 0.353. The summed E-state index contributed by atoms with van der Waals surface area (Å²) < 4.78 is 10.7. The standard InChI is InChI=1S/C17H20N2O3/c1-21-12-7-8-13(16(11-12)22-2)15-6-4-10-19(15)17(20)14-5-3-9-18-14/h3,5,7-9,11,15,18H,4,6,10H2,1-2H3/t15-/m0/s1. The van der Waals surface area contributed by atoms with Crippen LogP contribution in [0.1, 0.15) is 34.9 Å². The van der Waals surface area contributed by atoms with E-state index >= 15 is 0 Å². The molecule has 0 spiro atoms. The molecule has 116 valence electrons. The number of nitrogens with one attached hydrogen (secondary N) is 1. The number of rotatable bonds is 4. The first-order chi connectivity index (χ1) is 10.7. The zero-order valence-electron chi connectivity index (χ0n) is 12.8. The Labute approximate surface area is 129 Å². The summed E-state index contributed by atoms with van der Waals surface area (Å²) in [4.78, 5) is 17.5. The zero-order chi connectivity index (χ0) is 15.5. The first-order valence-electron chi connectivity index (χ1n) is 7.41. The Balaban J connectivity index is 1.91. The first kappa shape index (κ1) is 14.5. The maximum atomic E-state index is 12.6. The quantitative estimate of drug-likeness (QED) is 0.944. The van der Waals surface area contributed by atoms with Crippen LogP contribution in [-0.4, -0.2) is 36.6 Å². The Hall–Kier alpha value is -2.43. The fourth-order valence-corrected chi connectivity index (χ4v) is 3.04. The van der Waals surface area contributed by atoms with Gasteiger partial charge in [-0.05, 0) is 37.1 Å². The van der Waals surface area contributed by atoms with Crippen molar-refractivity contribution in [3.8, 4) is 11.5 Å². The van der Waals surface area contributed by atoms with Gasteiger partial charge in [0.25, 0.3) is 5.91 Å². The van der Waals surface area contributed by atoms with Crippen molar-refractivity contribution in [2.45, 2.75) is 18.9 Å². The largest absolute Gasteiger partial charge is 0.497 e. The summed E-state index contributed by atoms with van der Waals surface area (Å²) in [6, 6.07) is 9.45. The minimum absolute atomic E-state index is 0.0328. The molecule has 1 fully saturated rings. The van der Waals surface area contributed by atoms with Crippen LogP contribution in [-0.2, 0) is 0 Å². The predicted octanol–water partition coefficient (Wildman–Crippen LogP) is 3.01. The molecule has 2 aromatic rings. The molecule has 22 heavy (non-hydrogen) atoms. The molecule has 0 bridgehead atoms. The number of carbonyl (C=O) groups excluding carboxylic acids is 1. The zero-order valence-corrected chi connectivity index (χ0v) is 12.8. The van der Waals surface area contributed by atoms with Crippen LogP contribution in [0.2, 0.25) is 0 Å². The Morgan fingerprint density at radius 3 is 2.82 bits per heavy atom. The van der Waals surface area contributed by atoms with Gasteiger partial charge in [0.15, 0.2) is 0 Å². The lowest BCUT2D eigenvalue weighted by molar-refractivity contribution is 0.0729. The lowest BCUT2D eigenvalue weighted by Gasteiger charge is -2.26. The average Bonchev–Trinajstić information content (AvgIpc) is 3.24. The van der Waals surface area contributed by atoms with E-state index in [4.69, 9.17) is 9.47 Å². The van der Waals surface area contributed by atoms with Gasteiger partial charge in [-0.1, -0.05) is 0 Å². The van der Waals surface area contributed by atoms with E-state index in [1.54, 1.807) is 20.4 Å². The SMILES string of the molecule is COc1ccc([C@@H]2CCCN2C(=O)c2ccc[nH]2)c(OC)c1. The molecule has 0 aliphatic carbocycles. The average molecular weight is 300 g/mol. The maximum absolute atomic E-state index is 12.6. The number of aromatic amines is 1. The van der Waals surface area contributed by atoms with Crippen LogP contribution < -0.4 is 9.47 Å². The van der Waals surface area contributed by atoms with Crippen LogP contribution in [0, 0.1) is 0 Å². The van der Waals surface area contributed by atoms with Crippen molar-refractivity contribution in [3.63, 3.8) is 0 Å². The van der Waals surface area contributed by atoms with E-state index in [0.717, 1.165) is 36.4 Å². The van der Waals surface area contributed by atoms with Crippen LogP contribution in [0.25, 0.3) is 0 Å². The summed E-state index contributed by atoms with van der Waals surface area (Å²) in [5, 5.41) is 0. The number of H-pyrrole nitrogens is 1. The van der Waals surface area contributed by atoms with E-state index in [2.05, 4.69) is 4.98 Å². The molecule has 5 nitrogen and oxygen atoms in total. The third-order valence-corrected chi connectivity index (χ3v) is 4.14. The number of nitrogens with zero attached hydrogens (tertiary/aromatic N) is 1. The number of hydrogen-bond acceptors (Lipinski definition) is 3. The van der Waals surface area contributed by atoms with Crippen LogP contribution in [0.15, 0.2) is 36.5 Å². The van der Waals surface area contributed by atoms with Crippen molar-refractivity contribution in [2.75, 3.05) is 20.8 Å². The number of methoxy groups -OCH3 is 2. The van der Waals surface area contributed by atoms with Crippen LogP contribution in [0.3, 0.4) is 0 Å². The maximum Gasteiger partial charge on any atom is 0.270 e. The number of carbonyl (C=O) groups is 1. The fourth-order valence-electron chi connectivity index (χ4n) is 3.04. The molecule has 1 saturated heterocycles. The van der Waals surface area contributed by atoms with Crippen molar-refractivity contribution in [2.24, 2.45) is 0 Å². The summed E-state index contributed by atoms with van der Waals surface area (Å²) in [6.07, 6.45) is 3.70. The van der Waals surface area contributed by atoms with Gasteiger partial charge in [-0.2, -0.15) is 0 Å². The van der Waals surface area contributed by atoms with E-state index < -0.39 is 0 Å². The molecule has 0 saturated carbocycles. The van der Waals surface area contributed by atoms with Gasteiger partial charge in [-0.3, -0.25) is 4.79 Å². The molecule has 0 radical (unpaired) electrons. The monoisotopic (exact) mass is 300 g/mol. The molecule has 5 heteroatoms. The molecular formula is C17H20N2O3. The Kier molecular flexibility index (Phi) is 4.04. The third kappa shape index (κ3) is 2.54. The molecular weight excluding hydrogens is 280 g/mol. The minimum Gasteiger partial charge on any atom is -0.497 e. The van der Waals surface area contributed by atoms with E-state index in [0.29, 0.717) is 5.69 Å². The molecule has 1 aromatic carbocycles. The number of likely N-dealkylation sites (tertiary alicyclic amines) is 1. The summed E-state index contributed by atoms with van der Waals surface area (Å²) in [6.45, 7) is 0.762. The summed E-state index contributed by atoms with van der Waals surface area (Å²) in [7, 11) is 3.27. The lowest BCUT2D eigenvalue weighted by Crippen LogP contribution is -2.31. The molecule has 1 N–H and O–H groups in total. The van der Waals surface area contributed by atoms with E-state index in [1.807, 2.05) is 35.2 Å². The molecule has 1 amide bonds. The highest BCUT2D eigenvalue weighted by molar-refractivity contribution is 5.93. The van der Waals surface area contributed by atoms with Gasteiger partial charge in [-0.15, -0.1) is 0 Å². The van der Waals surface area contributed by atoms with Gasteiger partial charge in [0.05, 0.1) is 20.3 Å². The number of hydrogen-bond donors (Lipinski definition) is 1. The van der Waals surface area contributed by atoms with Gasteiger partial charge in [0.1, 0.15) is 17.2 Å². The number of ether oxygens (including phenoxy) is 2. The predicted molar refractivity (Wildman–Crippen MR) is 83.4 cm³/mol.